The standard InChI is InChI=1S/C17H30BrN3/c1-6-14-16(18)15(21(7-2)19-14)12-20-10-8-13(9-11-20)17(3,4)5/h13H,6-12H2,1-5H3. The van der Waals surface area contributed by atoms with E-state index < -0.39 is 0 Å². The average Bonchev–Trinajstić information content (AvgIpc) is 2.75. The van der Waals surface area contributed by atoms with E-state index in [-0.39, 0.29) is 0 Å². The molecule has 0 radical (unpaired) electrons. The first kappa shape index (κ1) is 17.0. The van der Waals surface area contributed by atoms with Crippen molar-refractivity contribution < 1.29 is 0 Å². The molecule has 2 rings (SSSR count). The fourth-order valence-corrected chi connectivity index (χ4v) is 4.03. The van der Waals surface area contributed by atoms with Crippen molar-refractivity contribution in [3.8, 4) is 0 Å². The van der Waals surface area contributed by atoms with Crippen LogP contribution in [0, 0.1) is 11.3 Å². The smallest absolute Gasteiger partial charge is 0.0767 e. The number of hydrogen-bond donors (Lipinski definition) is 0. The molecule has 1 aliphatic heterocycles. The summed E-state index contributed by atoms with van der Waals surface area (Å²) in [7, 11) is 0. The van der Waals surface area contributed by atoms with Crippen molar-refractivity contribution in [2.45, 2.75) is 67.0 Å². The van der Waals surface area contributed by atoms with Crippen LogP contribution in [0.25, 0.3) is 0 Å². The minimum atomic E-state index is 0.452. The number of aromatic nitrogens is 2. The third-order valence-electron chi connectivity index (χ3n) is 4.88. The van der Waals surface area contributed by atoms with Gasteiger partial charge in [-0.25, -0.2) is 0 Å². The molecule has 0 atom stereocenters. The lowest BCUT2D eigenvalue weighted by atomic mass is 9.75. The Balaban J connectivity index is 2.02. The Labute approximate surface area is 138 Å². The summed E-state index contributed by atoms with van der Waals surface area (Å²) >= 11 is 3.76. The van der Waals surface area contributed by atoms with Crippen molar-refractivity contribution in [2.24, 2.45) is 11.3 Å². The highest BCUT2D eigenvalue weighted by Gasteiger charge is 2.29. The zero-order valence-electron chi connectivity index (χ0n) is 14.2. The summed E-state index contributed by atoms with van der Waals surface area (Å²) < 4.78 is 3.39. The lowest BCUT2D eigenvalue weighted by Gasteiger charge is -2.38. The number of aryl methyl sites for hydroxylation is 2. The predicted molar refractivity (Wildman–Crippen MR) is 92.4 cm³/mol. The van der Waals surface area contributed by atoms with Crippen LogP contribution in [-0.2, 0) is 19.5 Å². The summed E-state index contributed by atoms with van der Waals surface area (Å²) in [6.07, 6.45) is 3.64. The van der Waals surface area contributed by atoms with E-state index in [4.69, 9.17) is 5.10 Å². The second kappa shape index (κ2) is 6.82. The van der Waals surface area contributed by atoms with Gasteiger partial charge in [-0.1, -0.05) is 27.7 Å². The third kappa shape index (κ3) is 3.89. The second-order valence-electron chi connectivity index (χ2n) is 7.29. The lowest BCUT2D eigenvalue weighted by Crippen LogP contribution is -2.38. The molecular weight excluding hydrogens is 326 g/mol. The molecule has 1 fully saturated rings. The van der Waals surface area contributed by atoms with E-state index >= 15 is 0 Å². The number of likely N-dealkylation sites (tertiary alicyclic amines) is 1. The zero-order chi connectivity index (χ0) is 15.6. The molecule has 0 unspecified atom stereocenters. The van der Waals surface area contributed by atoms with Crippen LogP contribution in [-0.4, -0.2) is 27.8 Å². The van der Waals surface area contributed by atoms with Crippen molar-refractivity contribution in [1.82, 2.24) is 14.7 Å². The molecule has 0 amide bonds. The van der Waals surface area contributed by atoms with E-state index in [1.54, 1.807) is 0 Å². The van der Waals surface area contributed by atoms with Crippen molar-refractivity contribution in [3.63, 3.8) is 0 Å². The van der Waals surface area contributed by atoms with Crippen LogP contribution >= 0.6 is 15.9 Å². The molecule has 2 heterocycles. The Hall–Kier alpha value is -0.350. The Morgan fingerprint density at radius 2 is 1.81 bits per heavy atom. The van der Waals surface area contributed by atoms with Gasteiger partial charge in [0.2, 0.25) is 0 Å². The average molecular weight is 356 g/mol. The van der Waals surface area contributed by atoms with E-state index in [0.717, 1.165) is 25.4 Å². The Bertz CT molecular complexity index is 465. The van der Waals surface area contributed by atoms with Crippen molar-refractivity contribution >= 4 is 15.9 Å². The highest BCUT2D eigenvalue weighted by Crippen LogP contribution is 2.35. The number of piperidine rings is 1. The summed E-state index contributed by atoms with van der Waals surface area (Å²) in [5.41, 5.74) is 2.99. The van der Waals surface area contributed by atoms with Gasteiger partial charge in [-0.05, 0) is 66.5 Å². The monoisotopic (exact) mass is 355 g/mol. The summed E-state index contributed by atoms with van der Waals surface area (Å²) in [6.45, 7) is 15.9. The van der Waals surface area contributed by atoms with Gasteiger partial charge in [0.1, 0.15) is 0 Å². The minimum Gasteiger partial charge on any atom is -0.297 e. The van der Waals surface area contributed by atoms with Crippen LogP contribution in [0.4, 0.5) is 0 Å². The summed E-state index contributed by atoms with van der Waals surface area (Å²) in [5, 5.41) is 4.71. The van der Waals surface area contributed by atoms with Gasteiger partial charge >= 0.3 is 0 Å². The molecule has 1 aliphatic rings. The van der Waals surface area contributed by atoms with Crippen LogP contribution in [0.3, 0.4) is 0 Å². The van der Waals surface area contributed by atoms with Gasteiger partial charge in [0.15, 0.2) is 0 Å². The molecule has 4 heteroatoms. The first-order chi connectivity index (χ1) is 9.86. The zero-order valence-corrected chi connectivity index (χ0v) is 15.8. The van der Waals surface area contributed by atoms with Crippen LogP contribution in [0.5, 0.6) is 0 Å². The third-order valence-corrected chi connectivity index (χ3v) is 5.80. The normalized spacial score (nSPS) is 18.4. The maximum absolute atomic E-state index is 4.71. The molecule has 0 aromatic carbocycles. The summed E-state index contributed by atoms with van der Waals surface area (Å²) in [4.78, 5) is 2.59. The van der Waals surface area contributed by atoms with Crippen LogP contribution < -0.4 is 0 Å². The van der Waals surface area contributed by atoms with Gasteiger partial charge in [0.25, 0.3) is 0 Å². The van der Waals surface area contributed by atoms with Gasteiger partial charge in [-0.2, -0.15) is 5.10 Å². The summed E-state index contributed by atoms with van der Waals surface area (Å²) in [6, 6.07) is 0. The predicted octanol–water partition coefficient (Wildman–Crippen LogP) is 4.49. The fraction of sp³-hybridized carbons (Fsp3) is 0.824. The van der Waals surface area contributed by atoms with Crippen LogP contribution in [0.1, 0.15) is 58.8 Å². The molecule has 0 aliphatic carbocycles. The molecule has 0 spiro atoms. The fourth-order valence-electron chi connectivity index (χ4n) is 3.34. The molecular formula is C17H30BrN3. The molecule has 3 nitrogen and oxygen atoms in total. The largest absolute Gasteiger partial charge is 0.297 e. The van der Waals surface area contributed by atoms with Gasteiger partial charge in [0.05, 0.1) is 15.9 Å². The van der Waals surface area contributed by atoms with Crippen molar-refractivity contribution in [1.29, 1.82) is 0 Å². The van der Waals surface area contributed by atoms with E-state index in [9.17, 15) is 0 Å². The maximum atomic E-state index is 4.71. The highest BCUT2D eigenvalue weighted by molar-refractivity contribution is 9.10. The van der Waals surface area contributed by atoms with E-state index in [1.807, 2.05) is 0 Å². The highest BCUT2D eigenvalue weighted by atomic mass is 79.9. The SMILES string of the molecule is CCc1nn(CC)c(CN2CCC(C(C)(C)C)CC2)c1Br. The first-order valence-corrected chi connectivity index (χ1v) is 9.12. The number of rotatable bonds is 4. The Morgan fingerprint density at radius 1 is 1.19 bits per heavy atom. The molecule has 0 saturated carbocycles. The molecule has 0 N–H and O–H groups in total. The maximum Gasteiger partial charge on any atom is 0.0767 e. The van der Waals surface area contributed by atoms with Gasteiger partial charge in [0, 0.05) is 13.1 Å². The summed E-state index contributed by atoms with van der Waals surface area (Å²) in [5.74, 6) is 0.861. The van der Waals surface area contributed by atoms with Crippen molar-refractivity contribution in [2.75, 3.05) is 13.1 Å². The Kier molecular flexibility index (Phi) is 5.53. The van der Waals surface area contributed by atoms with Gasteiger partial charge in [-0.3, -0.25) is 9.58 Å². The quantitative estimate of drug-likeness (QED) is 0.793. The topological polar surface area (TPSA) is 21.1 Å². The second-order valence-corrected chi connectivity index (χ2v) is 8.09. The number of halogens is 1. The molecule has 1 saturated heterocycles. The van der Waals surface area contributed by atoms with E-state index in [2.05, 4.69) is 60.1 Å². The van der Waals surface area contributed by atoms with Crippen LogP contribution in [0.15, 0.2) is 4.47 Å². The molecule has 21 heavy (non-hydrogen) atoms. The number of nitrogens with zero attached hydrogens (tertiary/aromatic N) is 3. The first-order valence-electron chi connectivity index (χ1n) is 8.33. The Morgan fingerprint density at radius 3 is 2.29 bits per heavy atom. The molecule has 0 bridgehead atoms. The van der Waals surface area contributed by atoms with E-state index in [0.29, 0.717) is 5.41 Å². The van der Waals surface area contributed by atoms with E-state index in [1.165, 1.54) is 41.8 Å². The lowest BCUT2D eigenvalue weighted by molar-refractivity contribution is 0.106. The molecule has 1 aromatic rings. The van der Waals surface area contributed by atoms with Gasteiger partial charge < -0.3 is 0 Å². The minimum absolute atomic E-state index is 0.452. The number of hydrogen-bond acceptors (Lipinski definition) is 2. The van der Waals surface area contributed by atoms with Gasteiger partial charge in [-0.15, -0.1) is 0 Å². The molecule has 120 valence electrons. The van der Waals surface area contributed by atoms with Crippen molar-refractivity contribution in [3.05, 3.63) is 15.9 Å². The van der Waals surface area contributed by atoms with Crippen LogP contribution in [0.2, 0.25) is 0 Å². The molecule has 1 aromatic heterocycles.